The number of hydrogen-bond acceptors (Lipinski definition) is 3. The third-order valence-corrected chi connectivity index (χ3v) is 6.61. The number of rotatable bonds is 4. The normalized spacial score (nSPS) is 20.8. The molecule has 1 aromatic heterocycles. The summed E-state index contributed by atoms with van der Waals surface area (Å²) in [6, 6.07) is 5.88. The van der Waals surface area contributed by atoms with Crippen LogP contribution >= 0.6 is 0 Å². The quantitative estimate of drug-likeness (QED) is 0.862. The summed E-state index contributed by atoms with van der Waals surface area (Å²) in [7, 11) is 0. The number of imidazole rings is 1. The van der Waals surface area contributed by atoms with Gasteiger partial charge in [-0.3, -0.25) is 18.7 Å². The molecule has 1 saturated heterocycles. The lowest BCUT2D eigenvalue weighted by molar-refractivity contribution is -0.123. The highest BCUT2D eigenvalue weighted by Gasteiger charge is 2.28. The van der Waals surface area contributed by atoms with Crippen molar-refractivity contribution < 1.29 is 9.59 Å². The van der Waals surface area contributed by atoms with E-state index in [1.807, 2.05) is 27.3 Å². The molecule has 1 N–H and O–H groups in total. The second kappa shape index (κ2) is 7.35. The Kier molecular flexibility index (Phi) is 4.68. The van der Waals surface area contributed by atoms with Gasteiger partial charge in [0.1, 0.15) is 0 Å². The molecule has 29 heavy (non-hydrogen) atoms. The zero-order chi connectivity index (χ0) is 20.0. The Labute approximate surface area is 169 Å². The van der Waals surface area contributed by atoms with Crippen molar-refractivity contribution in [1.29, 1.82) is 0 Å². The van der Waals surface area contributed by atoms with E-state index in [4.69, 9.17) is 0 Å². The maximum absolute atomic E-state index is 13.4. The van der Waals surface area contributed by atoms with Crippen LogP contribution in [0, 0.1) is 5.92 Å². The summed E-state index contributed by atoms with van der Waals surface area (Å²) < 4.78 is 3.88. The molecule has 2 amide bonds. The minimum absolute atomic E-state index is 0.0701. The van der Waals surface area contributed by atoms with E-state index in [2.05, 4.69) is 5.32 Å². The Morgan fingerprint density at radius 2 is 1.83 bits per heavy atom. The average Bonchev–Trinajstić information content (AvgIpc) is 3.52. The molecule has 0 unspecified atom stereocenters. The maximum Gasteiger partial charge on any atom is 0.329 e. The number of nitrogens with one attached hydrogen (secondary N) is 1. The predicted octanol–water partition coefficient (Wildman–Crippen LogP) is 2.29. The van der Waals surface area contributed by atoms with Gasteiger partial charge in [-0.2, -0.15) is 0 Å². The lowest BCUT2D eigenvalue weighted by atomic mass is 9.95. The lowest BCUT2D eigenvalue weighted by Gasteiger charge is -2.26. The summed E-state index contributed by atoms with van der Waals surface area (Å²) in [5, 5.41) is 2.75. The molecule has 7 heteroatoms. The molecule has 0 spiro atoms. The third-order valence-electron chi connectivity index (χ3n) is 6.61. The minimum atomic E-state index is -0.141. The number of hydrogen-bond donors (Lipinski definition) is 1. The average molecular weight is 396 g/mol. The van der Waals surface area contributed by atoms with Crippen LogP contribution in [-0.2, 0) is 11.3 Å². The Morgan fingerprint density at radius 3 is 2.55 bits per heavy atom. The molecule has 1 aliphatic heterocycles. The number of carbonyl (C=O) groups excluding carboxylic acids is 2. The molecule has 0 atom stereocenters. The first kappa shape index (κ1) is 18.5. The van der Waals surface area contributed by atoms with Crippen LogP contribution in [0.5, 0.6) is 0 Å². The molecule has 0 bridgehead atoms. The molecular weight excluding hydrogens is 368 g/mol. The van der Waals surface area contributed by atoms with Gasteiger partial charge in [-0.05, 0) is 49.8 Å². The molecular formula is C22H28N4O3. The number of aromatic nitrogens is 2. The van der Waals surface area contributed by atoms with E-state index in [1.165, 1.54) is 32.1 Å². The van der Waals surface area contributed by atoms with Gasteiger partial charge in [-0.25, -0.2) is 4.79 Å². The van der Waals surface area contributed by atoms with E-state index < -0.39 is 0 Å². The highest BCUT2D eigenvalue weighted by atomic mass is 16.2. The van der Waals surface area contributed by atoms with Crippen molar-refractivity contribution in [2.75, 3.05) is 19.6 Å². The second-order valence-electron chi connectivity index (χ2n) is 8.78. The first-order valence-electron chi connectivity index (χ1n) is 10.9. The lowest BCUT2D eigenvalue weighted by Crippen LogP contribution is -2.49. The van der Waals surface area contributed by atoms with E-state index >= 15 is 0 Å². The third kappa shape index (κ3) is 3.47. The molecule has 2 aliphatic carbocycles. The largest absolute Gasteiger partial charge is 0.353 e. The molecule has 7 nitrogen and oxygen atoms in total. The van der Waals surface area contributed by atoms with Crippen molar-refractivity contribution in [3.05, 3.63) is 34.2 Å². The molecule has 1 aromatic carbocycles. The Morgan fingerprint density at radius 1 is 1.03 bits per heavy atom. The van der Waals surface area contributed by atoms with Crippen LogP contribution in [0.1, 0.15) is 61.3 Å². The summed E-state index contributed by atoms with van der Waals surface area (Å²) in [4.78, 5) is 39.6. The zero-order valence-corrected chi connectivity index (χ0v) is 16.7. The van der Waals surface area contributed by atoms with Gasteiger partial charge < -0.3 is 10.2 Å². The van der Waals surface area contributed by atoms with Gasteiger partial charge in [0, 0.05) is 31.2 Å². The van der Waals surface area contributed by atoms with Crippen molar-refractivity contribution >= 4 is 22.8 Å². The van der Waals surface area contributed by atoms with Crippen molar-refractivity contribution in [2.45, 2.75) is 57.5 Å². The number of amides is 2. The van der Waals surface area contributed by atoms with Gasteiger partial charge in [-0.1, -0.05) is 19.3 Å². The summed E-state index contributed by atoms with van der Waals surface area (Å²) >= 11 is 0. The van der Waals surface area contributed by atoms with Crippen LogP contribution in [0.4, 0.5) is 0 Å². The fourth-order valence-corrected chi connectivity index (χ4v) is 4.83. The first-order valence-corrected chi connectivity index (χ1v) is 10.9. The fourth-order valence-electron chi connectivity index (χ4n) is 4.83. The Bertz CT molecular complexity index is 1010. The number of fused-ring (bicyclic) bond motifs is 1. The van der Waals surface area contributed by atoms with Gasteiger partial charge in [0.25, 0.3) is 5.91 Å². The maximum atomic E-state index is 13.4. The smallest absolute Gasteiger partial charge is 0.329 e. The van der Waals surface area contributed by atoms with E-state index in [1.54, 1.807) is 4.90 Å². The SMILES string of the molecule is O=C1CN(C(=O)c2ccc3c(c2)n(CC2CC2)c(=O)n3C2CCCCC2)CCN1. The predicted molar refractivity (Wildman–Crippen MR) is 110 cm³/mol. The zero-order valence-electron chi connectivity index (χ0n) is 16.7. The monoisotopic (exact) mass is 396 g/mol. The molecule has 0 radical (unpaired) electrons. The number of piperazine rings is 1. The van der Waals surface area contributed by atoms with Crippen LogP contribution in [0.25, 0.3) is 11.0 Å². The van der Waals surface area contributed by atoms with Crippen LogP contribution in [-0.4, -0.2) is 45.5 Å². The highest BCUT2D eigenvalue weighted by Crippen LogP contribution is 2.34. The van der Waals surface area contributed by atoms with Gasteiger partial charge >= 0.3 is 5.69 Å². The fraction of sp³-hybridized carbons (Fsp3) is 0.591. The summed E-state index contributed by atoms with van der Waals surface area (Å²) in [6.45, 7) is 1.82. The molecule has 154 valence electrons. The van der Waals surface area contributed by atoms with Gasteiger partial charge in [0.15, 0.2) is 0 Å². The molecule has 2 aromatic rings. The van der Waals surface area contributed by atoms with Crippen LogP contribution in [0.3, 0.4) is 0 Å². The minimum Gasteiger partial charge on any atom is -0.353 e. The van der Waals surface area contributed by atoms with Crippen molar-refractivity contribution in [3.8, 4) is 0 Å². The van der Waals surface area contributed by atoms with E-state index in [0.717, 1.165) is 30.4 Å². The van der Waals surface area contributed by atoms with Crippen molar-refractivity contribution in [1.82, 2.24) is 19.4 Å². The van der Waals surface area contributed by atoms with Crippen LogP contribution in [0.15, 0.2) is 23.0 Å². The number of carbonyl (C=O) groups is 2. The van der Waals surface area contributed by atoms with Gasteiger partial charge in [0.05, 0.1) is 17.6 Å². The highest BCUT2D eigenvalue weighted by molar-refractivity contribution is 5.99. The van der Waals surface area contributed by atoms with Crippen molar-refractivity contribution in [3.63, 3.8) is 0 Å². The van der Waals surface area contributed by atoms with Crippen molar-refractivity contribution in [2.24, 2.45) is 5.92 Å². The Balaban J connectivity index is 1.56. The topological polar surface area (TPSA) is 76.3 Å². The molecule has 3 fully saturated rings. The van der Waals surface area contributed by atoms with Crippen LogP contribution in [0.2, 0.25) is 0 Å². The standard InChI is InChI=1S/C22H28N4O3/c27-20-14-24(11-10-23-20)21(28)16-8-9-18-19(12-16)25(13-15-6-7-15)22(29)26(18)17-4-2-1-3-5-17/h8-9,12,15,17H,1-7,10-11,13-14H2,(H,23,27). The summed E-state index contributed by atoms with van der Waals surface area (Å²) in [5.41, 5.74) is 2.42. The van der Waals surface area contributed by atoms with Gasteiger partial charge in [-0.15, -0.1) is 0 Å². The molecule has 3 aliphatic rings. The summed E-state index contributed by atoms with van der Waals surface area (Å²) in [5.74, 6) is 0.306. The van der Waals surface area contributed by atoms with E-state index in [-0.39, 0.29) is 30.1 Å². The van der Waals surface area contributed by atoms with Crippen LogP contribution < -0.4 is 11.0 Å². The van der Waals surface area contributed by atoms with E-state index in [0.29, 0.717) is 24.6 Å². The molecule has 2 heterocycles. The molecule has 5 rings (SSSR count). The second-order valence-corrected chi connectivity index (χ2v) is 8.78. The summed E-state index contributed by atoms with van der Waals surface area (Å²) in [6.07, 6.45) is 8.01. The first-order chi connectivity index (χ1) is 14.1. The Hall–Kier alpha value is -2.57. The molecule has 2 saturated carbocycles. The van der Waals surface area contributed by atoms with Gasteiger partial charge in [0.2, 0.25) is 5.91 Å². The van der Waals surface area contributed by atoms with E-state index in [9.17, 15) is 14.4 Å². The number of nitrogens with zero attached hydrogens (tertiary/aromatic N) is 3. The number of benzene rings is 1.